The van der Waals surface area contributed by atoms with Crippen LogP contribution in [0.25, 0.3) is 6.08 Å². The summed E-state index contributed by atoms with van der Waals surface area (Å²) in [6.07, 6.45) is 1.90. The highest BCUT2D eigenvalue weighted by Crippen LogP contribution is 2.35. The molecule has 0 spiro atoms. The molecule has 1 fully saturated rings. The van der Waals surface area contributed by atoms with Gasteiger partial charge in [-0.05, 0) is 93.6 Å². The maximum Gasteiger partial charge on any atom is 0.266 e. The third kappa shape index (κ3) is 5.26. The molecule has 1 aliphatic heterocycles. The van der Waals surface area contributed by atoms with Gasteiger partial charge in [-0.2, -0.15) is 0 Å². The third-order valence-electron chi connectivity index (χ3n) is 3.80. The minimum atomic E-state index is -0.0203. The van der Waals surface area contributed by atoms with Crippen molar-refractivity contribution in [2.75, 3.05) is 6.54 Å². The number of amides is 1. The number of ether oxygens (including phenoxy) is 1. The Balaban J connectivity index is 1.79. The zero-order valence-electron chi connectivity index (χ0n) is 14.2. The summed E-state index contributed by atoms with van der Waals surface area (Å²) in [4.78, 5) is 14.7. The summed E-state index contributed by atoms with van der Waals surface area (Å²) in [6.45, 7) is 3.03. The number of thioether (sulfide) groups is 1. The molecule has 0 saturated carbocycles. The summed E-state index contributed by atoms with van der Waals surface area (Å²) >= 11 is 14.6. The highest BCUT2D eigenvalue weighted by atomic mass is 127. The third-order valence-corrected chi connectivity index (χ3v) is 7.31. The van der Waals surface area contributed by atoms with Gasteiger partial charge in [-0.1, -0.05) is 52.0 Å². The Labute approximate surface area is 203 Å². The zero-order chi connectivity index (χ0) is 19.6. The Bertz CT molecular complexity index is 909. The molecule has 0 N–H and O–H groups in total. The van der Waals surface area contributed by atoms with Gasteiger partial charge in [0.15, 0.2) is 0 Å². The van der Waals surface area contributed by atoms with Crippen molar-refractivity contribution in [3.8, 4) is 5.75 Å². The van der Waals surface area contributed by atoms with Crippen LogP contribution in [0.15, 0.2) is 45.8 Å². The number of hydrogen-bond acceptors (Lipinski definition) is 4. The number of carbonyl (C=O) groups excluding carboxylic acids is 1. The number of halogens is 3. The first-order valence-corrected chi connectivity index (χ1v) is 12.2. The Morgan fingerprint density at radius 3 is 2.41 bits per heavy atom. The molecular formula is C19H14BrI2NO2S2. The fraction of sp³-hybridized carbons (Fsp3) is 0.158. The summed E-state index contributed by atoms with van der Waals surface area (Å²) in [6, 6.07) is 12.1. The first-order chi connectivity index (χ1) is 12.9. The van der Waals surface area contributed by atoms with Gasteiger partial charge in [-0.3, -0.25) is 9.69 Å². The maximum atomic E-state index is 12.4. The van der Waals surface area contributed by atoms with Crippen LogP contribution in [0.3, 0.4) is 0 Å². The van der Waals surface area contributed by atoms with Gasteiger partial charge in [0, 0.05) is 11.0 Å². The van der Waals surface area contributed by atoms with Gasteiger partial charge in [0.05, 0.1) is 12.0 Å². The fourth-order valence-corrected chi connectivity index (χ4v) is 6.24. The van der Waals surface area contributed by atoms with Crippen molar-refractivity contribution in [2.24, 2.45) is 0 Å². The second kappa shape index (κ2) is 9.55. The van der Waals surface area contributed by atoms with E-state index in [-0.39, 0.29) is 5.91 Å². The van der Waals surface area contributed by atoms with E-state index in [2.05, 4.69) is 61.1 Å². The highest BCUT2D eigenvalue weighted by molar-refractivity contribution is 14.1. The smallest absolute Gasteiger partial charge is 0.266 e. The lowest BCUT2D eigenvalue weighted by Gasteiger charge is -2.12. The maximum absolute atomic E-state index is 12.4. The summed E-state index contributed by atoms with van der Waals surface area (Å²) < 4.78 is 9.72. The average Bonchev–Trinajstić information content (AvgIpc) is 2.88. The minimum absolute atomic E-state index is 0.0203. The van der Waals surface area contributed by atoms with Crippen LogP contribution in [0.5, 0.6) is 5.75 Å². The van der Waals surface area contributed by atoms with Crippen LogP contribution < -0.4 is 4.74 Å². The average molecular weight is 686 g/mol. The highest BCUT2D eigenvalue weighted by Gasteiger charge is 2.30. The van der Waals surface area contributed by atoms with Gasteiger partial charge in [0.25, 0.3) is 5.91 Å². The molecule has 0 radical (unpaired) electrons. The van der Waals surface area contributed by atoms with Gasteiger partial charge in [0.1, 0.15) is 16.7 Å². The summed E-state index contributed by atoms with van der Waals surface area (Å²) in [5.41, 5.74) is 2.08. The van der Waals surface area contributed by atoms with Gasteiger partial charge in [-0.15, -0.1) is 0 Å². The number of benzene rings is 2. The molecule has 0 unspecified atom stereocenters. The van der Waals surface area contributed by atoms with Crippen molar-refractivity contribution in [3.63, 3.8) is 0 Å². The number of thiocarbonyl (C=S) groups is 1. The van der Waals surface area contributed by atoms with Crippen molar-refractivity contribution in [1.29, 1.82) is 0 Å². The molecular weight excluding hydrogens is 672 g/mol. The lowest BCUT2D eigenvalue weighted by atomic mass is 10.2. The van der Waals surface area contributed by atoms with E-state index >= 15 is 0 Å². The lowest BCUT2D eigenvalue weighted by molar-refractivity contribution is -0.121. The van der Waals surface area contributed by atoms with Crippen molar-refractivity contribution in [2.45, 2.75) is 13.5 Å². The van der Waals surface area contributed by atoms with Gasteiger partial charge in [0.2, 0.25) is 0 Å². The predicted molar refractivity (Wildman–Crippen MR) is 136 cm³/mol. The molecule has 3 rings (SSSR count). The molecule has 140 valence electrons. The first kappa shape index (κ1) is 21.5. The second-order valence-electron chi connectivity index (χ2n) is 5.65. The quantitative estimate of drug-likeness (QED) is 0.206. The minimum Gasteiger partial charge on any atom is -0.487 e. The van der Waals surface area contributed by atoms with Crippen LogP contribution in [0.4, 0.5) is 0 Å². The van der Waals surface area contributed by atoms with E-state index in [1.54, 1.807) is 4.90 Å². The van der Waals surface area contributed by atoms with E-state index in [1.807, 2.05) is 49.4 Å². The lowest BCUT2D eigenvalue weighted by Crippen LogP contribution is -2.27. The molecule has 1 saturated heterocycles. The molecule has 1 aliphatic rings. The van der Waals surface area contributed by atoms with E-state index in [0.29, 0.717) is 22.4 Å². The Kier molecular flexibility index (Phi) is 7.62. The number of rotatable bonds is 5. The molecule has 2 aromatic rings. The summed E-state index contributed by atoms with van der Waals surface area (Å²) in [5.74, 6) is 0.838. The molecule has 0 aromatic heterocycles. The first-order valence-electron chi connectivity index (χ1n) is 8.00. The van der Waals surface area contributed by atoms with Crippen LogP contribution in [0.1, 0.15) is 18.1 Å². The van der Waals surface area contributed by atoms with Crippen molar-refractivity contribution in [3.05, 3.63) is 64.0 Å². The normalized spacial score (nSPS) is 15.7. The van der Waals surface area contributed by atoms with Crippen LogP contribution in [-0.2, 0) is 11.4 Å². The Morgan fingerprint density at radius 2 is 1.85 bits per heavy atom. The number of likely N-dealkylation sites (N-methyl/N-ethyl adjacent to an activating group) is 1. The second-order valence-corrected chi connectivity index (χ2v) is 10.6. The van der Waals surface area contributed by atoms with Crippen LogP contribution in [0, 0.1) is 7.14 Å². The predicted octanol–water partition coefficient (Wildman–Crippen LogP) is 6.46. The molecule has 27 heavy (non-hydrogen) atoms. The monoisotopic (exact) mass is 685 g/mol. The number of hydrogen-bond donors (Lipinski definition) is 0. The summed E-state index contributed by atoms with van der Waals surface area (Å²) in [7, 11) is 0. The molecule has 1 heterocycles. The topological polar surface area (TPSA) is 29.5 Å². The van der Waals surface area contributed by atoms with E-state index in [0.717, 1.165) is 28.5 Å². The van der Waals surface area contributed by atoms with E-state index in [4.69, 9.17) is 17.0 Å². The Hall–Kier alpha value is -0.170. The molecule has 0 bridgehead atoms. The van der Waals surface area contributed by atoms with E-state index < -0.39 is 0 Å². The largest absolute Gasteiger partial charge is 0.487 e. The van der Waals surface area contributed by atoms with Crippen LogP contribution in [-0.4, -0.2) is 21.7 Å². The van der Waals surface area contributed by atoms with Gasteiger partial charge < -0.3 is 4.74 Å². The van der Waals surface area contributed by atoms with Crippen molar-refractivity contribution >= 4 is 101 Å². The van der Waals surface area contributed by atoms with Gasteiger partial charge in [-0.25, -0.2) is 0 Å². The number of carbonyl (C=O) groups is 1. The van der Waals surface area contributed by atoms with Crippen molar-refractivity contribution < 1.29 is 9.53 Å². The molecule has 0 atom stereocenters. The standard InChI is InChI=1S/C19H14BrI2NO2S2/c1-2-23-18(24)16(27-19(23)26)9-12-7-14(21)17(15(22)8-12)25-10-11-3-5-13(20)6-4-11/h3-9H,2,10H2,1H3/b16-9-. The fourth-order valence-electron chi connectivity index (χ4n) is 2.46. The molecule has 8 heteroatoms. The van der Waals surface area contributed by atoms with Crippen LogP contribution >= 0.6 is 85.1 Å². The Morgan fingerprint density at radius 1 is 1.22 bits per heavy atom. The molecule has 1 amide bonds. The van der Waals surface area contributed by atoms with E-state index in [1.165, 1.54) is 11.8 Å². The molecule has 0 aliphatic carbocycles. The van der Waals surface area contributed by atoms with Crippen LogP contribution in [0.2, 0.25) is 0 Å². The van der Waals surface area contributed by atoms with Crippen molar-refractivity contribution in [1.82, 2.24) is 4.90 Å². The molecule has 2 aromatic carbocycles. The zero-order valence-corrected chi connectivity index (χ0v) is 21.7. The summed E-state index contributed by atoms with van der Waals surface area (Å²) in [5, 5.41) is 0. The molecule has 3 nitrogen and oxygen atoms in total. The van der Waals surface area contributed by atoms with E-state index in [9.17, 15) is 4.79 Å². The SMILES string of the molecule is CCN1C(=O)/C(=C/c2cc(I)c(OCc3ccc(Br)cc3)c(I)c2)SC1=S. The van der Waals surface area contributed by atoms with Gasteiger partial charge >= 0.3 is 0 Å². The number of nitrogens with zero attached hydrogens (tertiary/aromatic N) is 1.